The average molecular weight is 420 g/mol. The summed E-state index contributed by atoms with van der Waals surface area (Å²) in [6, 6.07) is 12.9. The molecule has 0 N–H and O–H groups in total. The summed E-state index contributed by atoms with van der Waals surface area (Å²) in [4.78, 5) is 34.6. The predicted octanol–water partition coefficient (Wildman–Crippen LogP) is 5.45. The number of allylic oxidation sites excluding steroid dienone is 1. The van der Waals surface area contributed by atoms with E-state index >= 15 is 0 Å². The van der Waals surface area contributed by atoms with Gasteiger partial charge in [0.2, 0.25) is 0 Å². The molecule has 27 heavy (non-hydrogen) atoms. The van der Waals surface area contributed by atoms with E-state index in [2.05, 4.69) is 0 Å². The standard InChI is InChI=1S/C19H14ClNO4S2/c20-16-4-2-1-3-15(16)18-9-14(22)10-19(27-18)26-11-17(23)12-5-7-13(8-6-12)21(24)25/h1-8,10,18H,9,11H2/t18-/m0/s1. The van der Waals surface area contributed by atoms with Gasteiger partial charge in [0.1, 0.15) is 0 Å². The largest absolute Gasteiger partial charge is 0.295 e. The molecule has 0 aromatic heterocycles. The quantitative estimate of drug-likeness (QED) is 0.352. The molecule has 8 heteroatoms. The number of halogens is 1. The summed E-state index contributed by atoms with van der Waals surface area (Å²) in [5, 5.41) is 11.2. The van der Waals surface area contributed by atoms with Crippen LogP contribution in [0.1, 0.15) is 27.6 Å². The summed E-state index contributed by atoms with van der Waals surface area (Å²) < 4.78 is 0.770. The minimum absolute atomic E-state index is 0.00366. The Morgan fingerprint density at radius 3 is 2.59 bits per heavy atom. The van der Waals surface area contributed by atoms with Gasteiger partial charge in [-0.1, -0.05) is 29.8 Å². The van der Waals surface area contributed by atoms with Crippen molar-refractivity contribution in [3.63, 3.8) is 0 Å². The number of thioether (sulfide) groups is 2. The van der Waals surface area contributed by atoms with E-state index < -0.39 is 4.92 Å². The fraction of sp³-hybridized carbons (Fsp3) is 0.158. The van der Waals surface area contributed by atoms with E-state index in [0.29, 0.717) is 17.0 Å². The van der Waals surface area contributed by atoms with E-state index in [-0.39, 0.29) is 28.3 Å². The third-order valence-electron chi connectivity index (χ3n) is 3.92. The first-order chi connectivity index (χ1) is 12.9. The molecule has 0 radical (unpaired) electrons. The Morgan fingerprint density at radius 1 is 1.22 bits per heavy atom. The molecule has 1 atom stereocenters. The van der Waals surface area contributed by atoms with Crippen molar-refractivity contribution in [3.8, 4) is 0 Å². The van der Waals surface area contributed by atoms with Gasteiger partial charge in [0.25, 0.3) is 5.69 Å². The molecule has 1 aliphatic heterocycles. The molecule has 2 aromatic carbocycles. The van der Waals surface area contributed by atoms with E-state index in [1.807, 2.05) is 18.2 Å². The zero-order valence-electron chi connectivity index (χ0n) is 14.0. The first kappa shape index (κ1) is 19.7. The second kappa shape index (κ2) is 8.73. The number of hydrogen-bond donors (Lipinski definition) is 0. The van der Waals surface area contributed by atoms with Crippen molar-refractivity contribution < 1.29 is 14.5 Å². The van der Waals surface area contributed by atoms with Crippen LogP contribution in [0.5, 0.6) is 0 Å². The zero-order valence-corrected chi connectivity index (χ0v) is 16.4. The fourth-order valence-electron chi connectivity index (χ4n) is 2.56. The monoisotopic (exact) mass is 419 g/mol. The molecule has 1 heterocycles. The number of nitro groups is 1. The van der Waals surface area contributed by atoms with Gasteiger partial charge in [-0.3, -0.25) is 19.7 Å². The van der Waals surface area contributed by atoms with Crippen LogP contribution in [0.3, 0.4) is 0 Å². The van der Waals surface area contributed by atoms with Crippen molar-refractivity contribution in [2.24, 2.45) is 0 Å². The van der Waals surface area contributed by atoms with Crippen molar-refractivity contribution in [1.29, 1.82) is 0 Å². The van der Waals surface area contributed by atoms with Crippen molar-refractivity contribution in [3.05, 3.63) is 85.1 Å². The minimum atomic E-state index is -0.507. The summed E-state index contributed by atoms with van der Waals surface area (Å²) in [7, 11) is 0. The number of nitro benzene ring substituents is 1. The Labute approximate surface area is 169 Å². The van der Waals surface area contributed by atoms with E-state index in [4.69, 9.17) is 11.6 Å². The number of carbonyl (C=O) groups is 2. The number of rotatable bonds is 6. The van der Waals surface area contributed by atoms with Crippen LogP contribution in [0.2, 0.25) is 5.02 Å². The summed E-state index contributed by atoms with van der Waals surface area (Å²) in [6.45, 7) is 0. The van der Waals surface area contributed by atoms with Gasteiger partial charge in [-0.05, 0) is 23.8 Å². The predicted molar refractivity (Wildman–Crippen MR) is 109 cm³/mol. The SMILES string of the molecule is O=C1C=C(SCC(=O)c2ccc([N+](=O)[O-])cc2)S[C@H](c2ccccc2Cl)C1. The summed E-state index contributed by atoms with van der Waals surface area (Å²) in [6.07, 6.45) is 1.93. The summed E-state index contributed by atoms with van der Waals surface area (Å²) >= 11 is 9.06. The van der Waals surface area contributed by atoms with Gasteiger partial charge < -0.3 is 0 Å². The van der Waals surface area contributed by atoms with Crippen LogP contribution < -0.4 is 0 Å². The normalized spacial score (nSPS) is 16.7. The lowest BCUT2D eigenvalue weighted by molar-refractivity contribution is -0.384. The molecule has 138 valence electrons. The Bertz CT molecular complexity index is 928. The number of nitrogens with zero attached hydrogens (tertiary/aromatic N) is 1. The number of hydrogen-bond acceptors (Lipinski definition) is 6. The van der Waals surface area contributed by atoms with Gasteiger partial charge in [-0.2, -0.15) is 0 Å². The molecule has 0 bridgehead atoms. The Kier molecular flexibility index (Phi) is 6.36. The van der Waals surface area contributed by atoms with Crippen LogP contribution in [0.15, 0.2) is 58.8 Å². The molecule has 0 spiro atoms. The van der Waals surface area contributed by atoms with Crippen LogP contribution in [0, 0.1) is 10.1 Å². The van der Waals surface area contributed by atoms with Crippen molar-refractivity contribution in [1.82, 2.24) is 0 Å². The van der Waals surface area contributed by atoms with Crippen LogP contribution in [-0.2, 0) is 4.79 Å². The van der Waals surface area contributed by atoms with Crippen LogP contribution in [0.4, 0.5) is 5.69 Å². The Balaban J connectivity index is 1.64. The van der Waals surface area contributed by atoms with Crippen molar-refractivity contribution >= 4 is 52.4 Å². The summed E-state index contributed by atoms with van der Waals surface area (Å²) in [5.41, 5.74) is 1.26. The molecule has 2 aromatic rings. The summed E-state index contributed by atoms with van der Waals surface area (Å²) in [5.74, 6) is 0.00627. The van der Waals surface area contributed by atoms with E-state index in [0.717, 1.165) is 9.80 Å². The van der Waals surface area contributed by atoms with Crippen LogP contribution in [0.25, 0.3) is 0 Å². The maximum absolute atomic E-state index is 12.3. The second-order valence-corrected chi connectivity index (χ2v) is 8.71. The number of non-ortho nitro benzene ring substituents is 1. The molecule has 3 rings (SSSR count). The first-order valence-electron chi connectivity index (χ1n) is 8.00. The maximum Gasteiger partial charge on any atom is 0.269 e. The van der Waals surface area contributed by atoms with Gasteiger partial charge in [0, 0.05) is 44.7 Å². The Morgan fingerprint density at radius 2 is 1.93 bits per heavy atom. The lowest BCUT2D eigenvalue weighted by Gasteiger charge is -2.22. The van der Waals surface area contributed by atoms with E-state index in [1.54, 1.807) is 12.1 Å². The molecule has 0 unspecified atom stereocenters. The lowest BCUT2D eigenvalue weighted by Crippen LogP contribution is -2.09. The van der Waals surface area contributed by atoms with Crippen molar-refractivity contribution in [2.75, 3.05) is 5.75 Å². The first-order valence-corrected chi connectivity index (χ1v) is 10.2. The van der Waals surface area contributed by atoms with Gasteiger partial charge in [-0.25, -0.2) is 0 Å². The molecule has 1 aliphatic rings. The lowest BCUT2D eigenvalue weighted by atomic mass is 10.1. The second-order valence-electron chi connectivity index (χ2n) is 5.78. The average Bonchev–Trinajstić information content (AvgIpc) is 2.66. The molecule has 0 fully saturated rings. The molecule has 5 nitrogen and oxygen atoms in total. The third-order valence-corrected chi connectivity index (χ3v) is 6.77. The zero-order chi connectivity index (χ0) is 19.4. The molecular weight excluding hydrogens is 406 g/mol. The highest BCUT2D eigenvalue weighted by Gasteiger charge is 2.25. The highest BCUT2D eigenvalue weighted by Crippen LogP contribution is 2.47. The van der Waals surface area contributed by atoms with Gasteiger partial charge in [0.05, 0.1) is 10.7 Å². The number of Topliss-reactive ketones (excluding diaryl/α,β-unsaturated/α-hetero) is 1. The van der Waals surface area contributed by atoms with E-state index in [9.17, 15) is 19.7 Å². The minimum Gasteiger partial charge on any atom is -0.295 e. The topological polar surface area (TPSA) is 77.3 Å². The fourth-order valence-corrected chi connectivity index (χ4v) is 5.41. The number of ketones is 2. The molecule has 0 saturated carbocycles. The van der Waals surface area contributed by atoms with Gasteiger partial charge in [-0.15, -0.1) is 23.5 Å². The molecule has 0 amide bonds. The number of benzene rings is 2. The van der Waals surface area contributed by atoms with Gasteiger partial charge in [0.15, 0.2) is 11.6 Å². The highest BCUT2D eigenvalue weighted by molar-refractivity contribution is 8.22. The highest BCUT2D eigenvalue weighted by atomic mass is 35.5. The number of carbonyl (C=O) groups excluding carboxylic acids is 2. The Hall–Kier alpha value is -2.09. The van der Waals surface area contributed by atoms with Crippen LogP contribution >= 0.6 is 35.1 Å². The smallest absolute Gasteiger partial charge is 0.269 e. The van der Waals surface area contributed by atoms with Crippen LogP contribution in [-0.4, -0.2) is 22.2 Å². The molecule has 0 aliphatic carbocycles. The molecular formula is C19H14ClNO4S2. The maximum atomic E-state index is 12.3. The third kappa shape index (κ3) is 5.00. The van der Waals surface area contributed by atoms with Crippen molar-refractivity contribution in [2.45, 2.75) is 11.7 Å². The molecule has 0 saturated heterocycles. The van der Waals surface area contributed by atoms with Gasteiger partial charge >= 0.3 is 0 Å². The van der Waals surface area contributed by atoms with E-state index in [1.165, 1.54) is 47.8 Å².